The highest BCUT2D eigenvalue weighted by molar-refractivity contribution is 8.00. The number of carbonyl (C=O) groups excluding carboxylic acids is 2. The minimum atomic E-state index is -0.488. The zero-order valence-corrected chi connectivity index (χ0v) is 19.1. The number of carbonyl (C=O) groups is 2. The lowest BCUT2D eigenvalue weighted by atomic mass is 10.2. The van der Waals surface area contributed by atoms with Crippen LogP contribution in [-0.2, 0) is 22.6 Å². The molecule has 0 unspecified atom stereocenters. The molecular weight excluding hydrogens is 429 g/mol. The van der Waals surface area contributed by atoms with Crippen LogP contribution in [0.25, 0.3) is 0 Å². The van der Waals surface area contributed by atoms with Gasteiger partial charge in [0, 0.05) is 12.2 Å². The summed E-state index contributed by atoms with van der Waals surface area (Å²) in [5, 5.41) is 13.9. The third kappa shape index (κ3) is 5.94. The van der Waals surface area contributed by atoms with E-state index in [0.717, 1.165) is 5.56 Å². The Balaban J connectivity index is 1.67. The van der Waals surface area contributed by atoms with E-state index in [-0.39, 0.29) is 23.9 Å². The van der Waals surface area contributed by atoms with Gasteiger partial charge in [0.2, 0.25) is 11.8 Å². The van der Waals surface area contributed by atoms with E-state index in [0.29, 0.717) is 29.6 Å². The molecule has 0 saturated heterocycles. The Bertz CT molecular complexity index is 1080. The van der Waals surface area contributed by atoms with E-state index in [2.05, 4.69) is 20.8 Å². The first kappa shape index (κ1) is 23.5. The van der Waals surface area contributed by atoms with E-state index in [1.807, 2.05) is 49.6 Å². The molecule has 0 aliphatic heterocycles. The van der Waals surface area contributed by atoms with E-state index >= 15 is 0 Å². The number of anilines is 2. The normalized spacial score (nSPS) is 11.8. The predicted molar refractivity (Wildman–Crippen MR) is 124 cm³/mol. The second-order valence-electron chi connectivity index (χ2n) is 7.22. The molecule has 32 heavy (non-hydrogen) atoms. The van der Waals surface area contributed by atoms with E-state index in [1.165, 1.54) is 23.9 Å². The number of nitrogens with zero attached hydrogens (tertiary/aromatic N) is 3. The van der Waals surface area contributed by atoms with Gasteiger partial charge in [-0.3, -0.25) is 9.59 Å². The fraction of sp³-hybridized carbons (Fsp3) is 0.304. The van der Waals surface area contributed by atoms with E-state index in [9.17, 15) is 14.0 Å². The molecular formula is C23H26FN5O2S. The minimum Gasteiger partial charge on any atom is -0.326 e. The largest absolute Gasteiger partial charge is 0.326 e. The Kier molecular flexibility index (Phi) is 7.99. The highest BCUT2D eigenvalue weighted by Gasteiger charge is 2.23. The van der Waals surface area contributed by atoms with Crippen LogP contribution in [0.1, 0.15) is 31.7 Å². The van der Waals surface area contributed by atoms with Gasteiger partial charge in [0.15, 0.2) is 5.16 Å². The number of benzene rings is 2. The lowest BCUT2D eigenvalue weighted by Gasteiger charge is -2.15. The Hall–Kier alpha value is -3.20. The molecule has 0 aliphatic rings. The summed E-state index contributed by atoms with van der Waals surface area (Å²) in [6.45, 7) is 6.33. The third-order valence-electron chi connectivity index (χ3n) is 4.81. The van der Waals surface area contributed by atoms with Crippen LogP contribution >= 0.6 is 11.8 Å². The van der Waals surface area contributed by atoms with E-state index in [4.69, 9.17) is 0 Å². The monoisotopic (exact) mass is 455 g/mol. The molecule has 2 aromatic carbocycles. The number of thioether (sulfide) groups is 1. The number of nitrogens with one attached hydrogen (secondary N) is 2. The number of hydrogen-bond donors (Lipinski definition) is 2. The summed E-state index contributed by atoms with van der Waals surface area (Å²) in [4.78, 5) is 25.2. The summed E-state index contributed by atoms with van der Waals surface area (Å²) in [5.74, 6) is -0.480. The first-order chi connectivity index (χ1) is 15.4. The highest BCUT2D eigenvalue weighted by atomic mass is 32.2. The zero-order valence-electron chi connectivity index (χ0n) is 18.3. The van der Waals surface area contributed by atoms with Crippen molar-refractivity contribution in [2.24, 2.45) is 0 Å². The van der Waals surface area contributed by atoms with Crippen molar-refractivity contribution in [1.82, 2.24) is 14.8 Å². The van der Waals surface area contributed by atoms with Crippen LogP contribution in [0.15, 0.2) is 53.7 Å². The molecule has 1 aromatic heterocycles. The third-order valence-corrected chi connectivity index (χ3v) is 6.15. The molecule has 0 spiro atoms. The summed E-state index contributed by atoms with van der Waals surface area (Å²) in [6.07, 6.45) is 0.582. The van der Waals surface area contributed by atoms with Gasteiger partial charge in [-0.2, -0.15) is 0 Å². The van der Waals surface area contributed by atoms with Crippen LogP contribution in [0.3, 0.4) is 0 Å². The van der Waals surface area contributed by atoms with Gasteiger partial charge in [0.1, 0.15) is 11.6 Å². The summed E-state index contributed by atoms with van der Waals surface area (Å²) >= 11 is 1.25. The molecule has 9 heteroatoms. The SMILES string of the molecule is CC[C@@H](Sc1nnc(CC(=O)Nc2ccc(C)cc2)n1CC)C(=O)Nc1ccccc1F. The van der Waals surface area contributed by atoms with Gasteiger partial charge < -0.3 is 15.2 Å². The van der Waals surface area contributed by atoms with Crippen LogP contribution in [0.5, 0.6) is 0 Å². The van der Waals surface area contributed by atoms with Crippen molar-refractivity contribution in [2.75, 3.05) is 10.6 Å². The maximum absolute atomic E-state index is 13.9. The first-order valence-electron chi connectivity index (χ1n) is 10.4. The number of aromatic nitrogens is 3. The Morgan fingerprint density at radius 1 is 1.06 bits per heavy atom. The smallest absolute Gasteiger partial charge is 0.238 e. The standard InChI is InChI=1S/C23H26FN5O2S/c1-4-19(22(31)26-18-9-7-6-8-17(18)24)32-23-28-27-20(29(23)5-2)14-21(30)25-16-12-10-15(3)11-13-16/h6-13,19H,4-5,14H2,1-3H3,(H,25,30)(H,26,31)/t19-/m1/s1. The topological polar surface area (TPSA) is 88.9 Å². The van der Waals surface area contributed by atoms with Crippen molar-refractivity contribution in [3.05, 3.63) is 65.7 Å². The van der Waals surface area contributed by atoms with Crippen molar-refractivity contribution in [1.29, 1.82) is 0 Å². The molecule has 1 atom stereocenters. The molecule has 3 rings (SSSR count). The van der Waals surface area contributed by atoms with E-state index in [1.54, 1.807) is 12.1 Å². The molecule has 2 N–H and O–H groups in total. The van der Waals surface area contributed by atoms with Crippen molar-refractivity contribution in [3.63, 3.8) is 0 Å². The number of rotatable bonds is 9. The summed E-state index contributed by atoms with van der Waals surface area (Å²) in [7, 11) is 0. The second-order valence-corrected chi connectivity index (χ2v) is 8.39. The van der Waals surface area contributed by atoms with Crippen molar-refractivity contribution in [3.8, 4) is 0 Å². The first-order valence-corrected chi connectivity index (χ1v) is 11.3. The molecule has 2 amide bonds. The van der Waals surface area contributed by atoms with Crippen LogP contribution < -0.4 is 10.6 Å². The summed E-state index contributed by atoms with van der Waals surface area (Å²) < 4.78 is 15.7. The molecule has 0 fully saturated rings. The van der Waals surface area contributed by atoms with Gasteiger partial charge in [0.25, 0.3) is 0 Å². The second kappa shape index (κ2) is 10.9. The molecule has 3 aromatic rings. The number of halogens is 1. The lowest BCUT2D eigenvalue weighted by molar-refractivity contribution is -0.116. The number of hydrogen-bond acceptors (Lipinski definition) is 5. The van der Waals surface area contributed by atoms with Gasteiger partial charge in [-0.25, -0.2) is 4.39 Å². The summed E-state index contributed by atoms with van der Waals surface area (Å²) in [6, 6.07) is 13.6. The predicted octanol–water partition coefficient (Wildman–Crippen LogP) is 4.44. The maximum Gasteiger partial charge on any atom is 0.238 e. The molecule has 0 bridgehead atoms. The van der Waals surface area contributed by atoms with Crippen LogP contribution in [0.2, 0.25) is 0 Å². The van der Waals surface area contributed by atoms with Crippen LogP contribution in [-0.4, -0.2) is 31.8 Å². The molecule has 168 valence electrons. The van der Waals surface area contributed by atoms with Crippen molar-refractivity contribution < 1.29 is 14.0 Å². The van der Waals surface area contributed by atoms with Gasteiger partial charge in [-0.05, 0) is 44.5 Å². The van der Waals surface area contributed by atoms with Crippen LogP contribution in [0.4, 0.5) is 15.8 Å². The fourth-order valence-corrected chi connectivity index (χ4v) is 4.10. The van der Waals surface area contributed by atoms with Crippen LogP contribution in [0, 0.1) is 12.7 Å². The number of aryl methyl sites for hydroxylation is 1. The highest BCUT2D eigenvalue weighted by Crippen LogP contribution is 2.26. The molecule has 7 nitrogen and oxygen atoms in total. The van der Waals surface area contributed by atoms with E-state index < -0.39 is 11.1 Å². The Labute approximate surface area is 190 Å². The van der Waals surface area contributed by atoms with Crippen molar-refractivity contribution >= 4 is 35.0 Å². The quantitative estimate of drug-likeness (QED) is 0.466. The van der Waals surface area contributed by atoms with Gasteiger partial charge in [-0.1, -0.05) is 48.5 Å². The molecule has 0 radical (unpaired) electrons. The molecule has 1 heterocycles. The maximum atomic E-state index is 13.9. The fourth-order valence-electron chi connectivity index (χ4n) is 3.07. The Morgan fingerprint density at radius 2 is 1.78 bits per heavy atom. The minimum absolute atomic E-state index is 0.0630. The van der Waals surface area contributed by atoms with Crippen molar-refractivity contribution in [2.45, 2.75) is 50.6 Å². The lowest BCUT2D eigenvalue weighted by Crippen LogP contribution is -2.25. The Morgan fingerprint density at radius 3 is 2.44 bits per heavy atom. The van der Waals surface area contributed by atoms with Gasteiger partial charge in [-0.15, -0.1) is 10.2 Å². The molecule has 0 aliphatic carbocycles. The number of para-hydroxylation sites is 1. The molecule has 0 saturated carbocycles. The van der Waals surface area contributed by atoms with Gasteiger partial charge in [0.05, 0.1) is 17.4 Å². The average Bonchev–Trinajstić information content (AvgIpc) is 3.15. The zero-order chi connectivity index (χ0) is 23.1. The summed E-state index contributed by atoms with van der Waals surface area (Å²) in [5.41, 5.74) is 1.97. The number of amides is 2. The average molecular weight is 456 g/mol. The van der Waals surface area contributed by atoms with Gasteiger partial charge >= 0.3 is 0 Å².